The van der Waals surface area contributed by atoms with E-state index < -0.39 is 0 Å². The summed E-state index contributed by atoms with van der Waals surface area (Å²) in [4.78, 5) is 26.3. The number of nitrogens with zero attached hydrogens (tertiary/aromatic N) is 3. The number of rotatable bonds is 6. The molecule has 0 aliphatic heterocycles. The maximum atomic E-state index is 13.1. The summed E-state index contributed by atoms with van der Waals surface area (Å²) in [5.41, 5.74) is 1.97. The van der Waals surface area contributed by atoms with Crippen LogP contribution in [0.5, 0.6) is 5.88 Å². The second-order valence-corrected chi connectivity index (χ2v) is 6.84. The van der Waals surface area contributed by atoms with Crippen molar-refractivity contribution in [3.8, 4) is 5.88 Å². The van der Waals surface area contributed by atoms with Crippen molar-refractivity contribution >= 4 is 34.9 Å². The third kappa shape index (κ3) is 3.86. The van der Waals surface area contributed by atoms with Gasteiger partial charge in [0.1, 0.15) is 5.56 Å². The molecule has 140 valence electrons. The predicted molar refractivity (Wildman–Crippen MR) is 101 cm³/mol. The third-order valence-corrected chi connectivity index (χ3v) is 5.08. The van der Waals surface area contributed by atoms with E-state index in [0.717, 1.165) is 5.56 Å². The fraction of sp³-hybridized carbons (Fsp3) is 0.389. The minimum Gasteiger partial charge on any atom is -0.467 e. The van der Waals surface area contributed by atoms with Crippen LogP contribution in [0.1, 0.15) is 34.0 Å². The van der Waals surface area contributed by atoms with Gasteiger partial charge < -0.3 is 9.64 Å². The average molecular weight is 398 g/mol. The Balaban J connectivity index is 2.44. The number of likely N-dealkylation sites (N-methyl/N-ethyl adjacent to an activating group) is 1. The number of ether oxygens (including phenoxy) is 1. The molecule has 0 saturated carbocycles. The highest BCUT2D eigenvalue weighted by Gasteiger charge is 2.24. The van der Waals surface area contributed by atoms with Crippen molar-refractivity contribution in [3.63, 3.8) is 0 Å². The van der Waals surface area contributed by atoms with E-state index >= 15 is 0 Å². The van der Waals surface area contributed by atoms with Gasteiger partial charge >= 0.3 is 0 Å². The molecule has 2 aromatic rings. The van der Waals surface area contributed by atoms with Crippen LogP contribution in [0.4, 0.5) is 0 Å². The molecule has 0 radical (unpaired) electrons. The van der Waals surface area contributed by atoms with Gasteiger partial charge in [0, 0.05) is 31.2 Å². The van der Waals surface area contributed by atoms with E-state index in [-0.39, 0.29) is 29.7 Å². The van der Waals surface area contributed by atoms with Crippen molar-refractivity contribution in [1.82, 2.24) is 14.7 Å². The molecule has 0 unspecified atom stereocenters. The SMILES string of the molecule is CCn1ncc(C(=O)c2cc(C)c(Cl)c(C)c2Cl)c1OCC(=O)N(C)C. The molecule has 26 heavy (non-hydrogen) atoms. The second kappa shape index (κ2) is 8.10. The summed E-state index contributed by atoms with van der Waals surface area (Å²) in [6.45, 7) is 5.74. The summed E-state index contributed by atoms with van der Waals surface area (Å²) in [6.07, 6.45) is 1.43. The maximum Gasteiger partial charge on any atom is 0.260 e. The molecule has 1 amide bonds. The quantitative estimate of drug-likeness (QED) is 0.699. The van der Waals surface area contributed by atoms with Crippen LogP contribution in [0, 0.1) is 13.8 Å². The Morgan fingerprint density at radius 3 is 2.42 bits per heavy atom. The molecule has 1 aromatic carbocycles. The fourth-order valence-electron chi connectivity index (χ4n) is 2.41. The first kappa shape index (κ1) is 20.3. The van der Waals surface area contributed by atoms with E-state index in [1.807, 2.05) is 13.8 Å². The van der Waals surface area contributed by atoms with Crippen LogP contribution in [-0.2, 0) is 11.3 Å². The van der Waals surface area contributed by atoms with E-state index in [4.69, 9.17) is 27.9 Å². The summed E-state index contributed by atoms with van der Waals surface area (Å²) >= 11 is 12.5. The van der Waals surface area contributed by atoms with Gasteiger partial charge in [-0.15, -0.1) is 0 Å². The molecule has 0 spiro atoms. The number of aromatic nitrogens is 2. The van der Waals surface area contributed by atoms with Crippen LogP contribution >= 0.6 is 23.2 Å². The average Bonchev–Trinajstić information content (AvgIpc) is 3.02. The minimum absolute atomic E-state index is 0.189. The van der Waals surface area contributed by atoms with E-state index in [0.29, 0.717) is 27.7 Å². The van der Waals surface area contributed by atoms with Crippen molar-refractivity contribution in [1.29, 1.82) is 0 Å². The summed E-state index contributed by atoms with van der Waals surface area (Å²) in [5, 5.41) is 5.00. The van der Waals surface area contributed by atoms with Gasteiger partial charge in [0.15, 0.2) is 6.61 Å². The Morgan fingerprint density at radius 2 is 1.85 bits per heavy atom. The molecule has 2 rings (SSSR count). The lowest BCUT2D eigenvalue weighted by molar-refractivity contribution is -0.130. The van der Waals surface area contributed by atoms with Crippen LogP contribution in [0.15, 0.2) is 12.3 Å². The summed E-state index contributed by atoms with van der Waals surface area (Å²) in [6, 6.07) is 1.65. The molecule has 0 aliphatic rings. The van der Waals surface area contributed by atoms with Crippen molar-refractivity contribution in [2.24, 2.45) is 0 Å². The van der Waals surface area contributed by atoms with E-state index in [1.165, 1.54) is 15.8 Å². The van der Waals surface area contributed by atoms with Crippen molar-refractivity contribution in [2.75, 3.05) is 20.7 Å². The Morgan fingerprint density at radius 1 is 1.19 bits per heavy atom. The van der Waals surface area contributed by atoms with Crippen molar-refractivity contribution < 1.29 is 14.3 Å². The lowest BCUT2D eigenvalue weighted by Gasteiger charge is -2.14. The number of ketones is 1. The van der Waals surface area contributed by atoms with E-state index in [2.05, 4.69) is 5.10 Å². The zero-order valence-corrected chi connectivity index (χ0v) is 16.9. The molecular weight excluding hydrogens is 377 g/mol. The molecule has 0 saturated heterocycles. The highest BCUT2D eigenvalue weighted by atomic mass is 35.5. The summed E-state index contributed by atoms with van der Waals surface area (Å²) in [7, 11) is 3.27. The first-order chi connectivity index (χ1) is 12.2. The zero-order valence-electron chi connectivity index (χ0n) is 15.4. The lowest BCUT2D eigenvalue weighted by atomic mass is 10.0. The van der Waals surface area contributed by atoms with Gasteiger partial charge in [0.25, 0.3) is 5.91 Å². The molecule has 8 heteroatoms. The van der Waals surface area contributed by atoms with Crippen LogP contribution < -0.4 is 4.74 Å². The number of carbonyl (C=O) groups is 2. The van der Waals surface area contributed by atoms with Gasteiger partial charge in [-0.2, -0.15) is 5.10 Å². The Hall–Kier alpha value is -2.05. The minimum atomic E-state index is -0.329. The number of aryl methyl sites for hydroxylation is 2. The maximum absolute atomic E-state index is 13.1. The fourth-order valence-corrected chi connectivity index (χ4v) is 2.85. The Labute approximate surface area is 162 Å². The second-order valence-electron chi connectivity index (χ2n) is 6.08. The third-order valence-electron chi connectivity index (χ3n) is 4.01. The lowest BCUT2D eigenvalue weighted by Crippen LogP contribution is -2.28. The smallest absolute Gasteiger partial charge is 0.260 e. The number of hydrogen-bond donors (Lipinski definition) is 0. The van der Waals surface area contributed by atoms with E-state index in [9.17, 15) is 9.59 Å². The molecule has 0 aliphatic carbocycles. The molecular formula is C18H21Cl2N3O3. The van der Waals surface area contributed by atoms with Gasteiger partial charge in [-0.25, -0.2) is 4.68 Å². The normalized spacial score (nSPS) is 10.7. The van der Waals surface area contributed by atoms with Gasteiger partial charge in [0.2, 0.25) is 11.7 Å². The number of hydrogen-bond acceptors (Lipinski definition) is 4. The number of benzene rings is 1. The van der Waals surface area contributed by atoms with Crippen LogP contribution in [0.2, 0.25) is 10.0 Å². The number of carbonyl (C=O) groups excluding carboxylic acids is 2. The molecule has 0 N–H and O–H groups in total. The zero-order chi connectivity index (χ0) is 19.6. The molecule has 6 nitrogen and oxygen atoms in total. The Kier molecular flexibility index (Phi) is 6.31. The topological polar surface area (TPSA) is 64.4 Å². The molecule has 1 aromatic heterocycles. The standard InChI is InChI=1S/C18H21Cl2N3O3/c1-6-23-18(26-9-14(24)22(4)5)13(8-21-23)17(25)12-7-10(2)15(19)11(3)16(12)20/h7-8H,6,9H2,1-5H3. The Bertz CT molecular complexity index is 860. The summed E-state index contributed by atoms with van der Waals surface area (Å²) < 4.78 is 7.14. The highest BCUT2D eigenvalue weighted by molar-refractivity contribution is 6.39. The van der Waals surface area contributed by atoms with Gasteiger partial charge in [-0.05, 0) is 38.0 Å². The monoisotopic (exact) mass is 397 g/mol. The number of amides is 1. The largest absolute Gasteiger partial charge is 0.467 e. The molecule has 0 fully saturated rings. The first-order valence-electron chi connectivity index (χ1n) is 8.07. The van der Waals surface area contributed by atoms with Gasteiger partial charge in [-0.1, -0.05) is 23.2 Å². The van der Waals surface area contributed by atoms with Crippen LogP contribution in [0.3, 0.4) is 0 Å². The van der Waals surface area contributed by atoms with Crippen molar-refractivity contribution in [3.05, 3.63) is 44.6 Å². The molecule has 0 atom stereocenters. The highest BCUT2D eigenvalue weighted by Crippen LogP contribution is 2.33. The molecule has 1 heterocycles. The first-order valence-corrected chi connectivity index (χ1v) is 8.83. The summed E-state index contributed by atoms with van der Waals surface area (Å²) in [5.74, 6) is -0.303. The van der Waals surface area contributed by atoms with Gasteiger partial charge in [-0.3, -0.25) is 9.59 Å². The number of halogens is 2. The van der Waals surface area contributed by atoms with Crippen LogP contribution in [0.25, 0.3) is 0 Å². The van der Waals surface area contributed by atoms with E-state index in [1.54, 1.807) is 27.1 Å². The van der Waals surface area contributed by atoms with Gasteiger partial charge in [0.05, 0.1) is 11.2 Å². The van der Waals surface area contributed by atoms with Crippen LogP contribution in [-0.4, -0.2) is 47.1 Å². The predicted octanol–water partition coefficient (Wildman–Crippen LogP) is 3.52. The van der Waals surface area contributed by atoms with Crippen molar-refractivity contribution in [2.45, 2.75) is 27.3 Å². The molecule has 0 bridgehead atoms.